The number of hydrogen-bond donors (Lipinski definition) is 2. The first-order chi connectivity index (χ1) is 13.8. The number of hydrogen-bond acceptors (Lipinski definition) is 3. The molecule has 2 amide bonds. The second-order valence-electron chi connectivity index (χ2n) is 8.31. The van der Waals surface area contributed by atoms with E-state index in [4.69, 9.17) is 0 Å². The highest BCUT2D eigenvalue weighted by molar-refractivity contribution is 5.88. The minimum absolute atomic E-state index is 0.0960. The number of nitrogens with one attached hydrogen (secondary N) is 2. The van der Waals surface area contributed by atoms with Gasteiger partial charge in [0.25, 0.3) is 0 Å². The summed E-state index contributed by atoms with van der Waals surface area (Å²) in [5.74, 6) is 0.542. The molecule has 0 radical (unpaired) electrons. The van der Waals surface area contributed by atoms with Gasteiger partial charge in [0.05, 0.1) is 12.4 Å². The van der Waals surface area contributed by atoms with Gasteiger partial charge in [-0.2, -0.15) is 5.10 Å². The van der Waals surface area contributed by atoms with Crippen molar-refractivity contribution in [1.82, 2.24) is 24.6 Å². The molecule has 0 aliphatic heterocycles. The molecule has 1 aromatic carbocycles. The second-order valence-corrected chi connectivity index (χ2v) is 8.31. The maximum Gasteiger partial charge on any atom is 0.320 e. The third-order valence-electron chi connectivity index (χ3n) is 4.87. The predicted molar refractivity (Wildman–Crippen MR) is 115 cm³/mol. The molecule has 0 saturated heterocycles. The zero-order chi connectivity index (χ0) is 20.9. The number of benzene rings is 1. The molecule has 2 heterocycles. The highest BCUT2D eigenvalue weighted by Gasteiger charge is 2.15. The van der Waals surface area contributed by atoms with Crippen LogP contribution in [0, 0.1) is 0 Å². The van der Waals surface area contributed by atoms with Gasteiger partial charge in [-0.3, -0.25) is 10.00 Å². The zero-order valence-corrected chi connectivity index (χ0v) is 17.6. The van der Waals surface area contributed by atoms with Crippen LogP contribution in [0.3, 0.4) is 0 Å². The Labute approximate surface area is 172 Å². The van der Waals surface area contributed by atoms with Crippen LogP contribution >= 0.6 is 0 Å². The summed E-state index contributed by atoms with van der Waals surface area (Å²) in [6.45, 7) is 10.2. The maximum atomic E-state index is 12.3. The van der Waals surface area contributed by atoms with E-state index in [0.717, 1.165) is 25.1 Å². The van der Waals surface area contributed by atoms with Gasteiger partial charge in [-0.25, -0.2) is 9.78 Å². The Morgan fingerprint density at radius 3 is 2.52 bits per heavy atom. The smallest absolute Gasteiger partial charge is 0.320 e. The summed E-state index contributed by atoms with van der Waals surface area (Å²) in [6, 6.07) is 9.83. The van der Waals surface area contributed by atoms with Gasteiger partial charge in [-0.05, 0) is 29.9 Å². The molecule has 0 bridgehead atoms. The Morgan fingerprint density at radius 2 is 1.86 bits per heavy atom. The van der Waals surface area contributed by atoms with Crippen LogP contribution in [0.1, 0.15) is 51.3 Å². The Bertz CT molecular complexity index is 906. The molecule has 0 spiro atoms. The number of nitrogens with zero attached hydrogens (tertiary/aromatic N) is 4. The van der Waals surface area contributed by atoms with E-state index in [1.807, 2.05) is 28.6 Å². The van der Waals surface area contributed by atoms with Gasteiger partial charge >= 0.3 is 6.03 Å². The van der Waals surface area contributed by atoms with Crippen LogP contribution in [0.2, 0.25) is 0 Å². The lowest BCUT2D eigenvalue weighted by Gasteiger charge is -2.20. The van der Waals surface area contributed by atoms with Gasteiger partial charge < -0.3 is 9.88 Å². The highest BCUT2D eigenvalue weighted by Crippen LogP contribution is 2.23. The number of urea groups is 1. The van der Waals surface area contributed by atoms with E-state index in [2.05, 4.69) is 65.8 Å². The Hall–Kier alpha value is -3.09. The SMILES string of the molecule is CC(NC(=O)Nc1ccn(CCCn2ccnc2)n1)c1ccc(C(C)(C)C)cc1. The largest absolute Gasteiger partial charge is 0.337 e. The summed E-state index contributed by atoms with van der Waals surface area (Å²) >= 11 is 0. The number of carbonyl (C=O) groups is 1. The fourth-order valence-electron chi connectivity index (χ4n) is 3.09. The van der Waals surface area contributed by atoms with Crippen molar-refractivity contribution in [3.63, 3.8) is 0 Å². The molecular formula is C22H30N6O. The number of aryl methyl sites for hydroxylation is 2. The molecule has 0 aliphatic rings. The number of anilines is 1. The fraction of sp³-hybridized carbons (Fsp3) is 0.409. The molecular weight excluding hydrogens is 364 g/mol. The summed E-state index contributed by atoms with van der Waals surface area (Å²) in [5, 5.41) is 10.2. The van der Waals surface area contributed by atoms with Crippen molar-refractivity contribution in [3.05, 3.63) is 66.4 Å². The molecule has 1 atom stereocenters. The van der Waals surface area contributed by atoms with Gasteiger partial charge in [0.2, 0.25) is 0 Å². The second kappa shape index (κ2) is 8.94. The summed E-state index contributed by atoms with van der Waals surface area (Å²) < 4.78 is 3.87. The lowest BCUT2D eigenvalue weighted by atomic mass is 9.86. The number of imidazole rings is 1. The zero-order valence-electron chi connectivity index (χ0n) is 17.6. The predicted octanol–water partition coefficient (Wildman–Crippen LogP) is 4.35. The average Bonchev–Trinajstić information content (AvgIpc) is 3.33. The molecule has 1 unspecified atom stereocenters. The van der Waals surface area contributed by atoms with Gasteiger partial charge in [-0.15, -0.1) is 0 Å². The third-order valence-corrected chi connectivity index (χ3v) is 4.87. The molecule has 2 N–H and O–H groups in total. The Balaban J connectivity index is 1.47. The van der Waals surface area contributed by atoms with E-state index in [0.29, 0.717) is 5.82 Å². The monoisotopic (exact) mass is 394 g/mol. The van der Waals surface area contributed by atoms with E-state index < -0.39 is 0 Å². The summed E-state index contributed by atoms with van der Waals surface area (Å²) in [4.78, 5) is 16.4. The van der Waals surface area contributed by atoms with E-state index in [1.54, 1.807) is 18.6 Å². The summed E-state index contributed by atoms with van der Waals surface area (Å²) in [6.07, 6.45) is 8.33. The van der Waals surface area contributed by atoms with Crippen molar-refractivity contribution < 1.29 is 4.79 Å². The molecule has 2 aromatic heterocycles. The van der Waals surface area contributed by atoms with Gasteiger partial charge in [0.15, 0.2) is 5.82 Å². The van der Waals surface area contributed by atoms with E-state index in [9.17, 15) is 4.79 Å². The summed E-state index contributed by atoms with van der Waals surface area (Å²) in [7, 11) is 0. The third kappa shape index (κ3) is 5.94. The molecule has 0 fully saturated rings. The van der Waals surface area contributed by atoms with Crippen molar-refractivity contribution in [2.24, 2.45) is 0 Å². The lowest BCUT2D eigenvalue weighted by molar-refractivity contribution is 0.249. The number of amides is 2. The Kier molecular flexibility index (Phi) is 6.36. The maximum absolute atomic E-state index is 12.3. The fourth-order valence-corrected chi connectivity index (χ4v) is 3.09. The van der Waals surface area contributed by atoms with Gasteiger partial charge in [-0.1, -0.05) is 45.0 Å². The summed E-state index contributed by atoms with van der Waals surface area (Å²) in [5.41, 5.74) is 2.46. The first kappa shape index (κ1) is 20.6. The Morgan fingerprint density at radius 1 is 1.10 bits per heavy atom. The first-order valence-corrected chi connectivity index (χ1v) is 9.98. The topological polar surface area (TPSA) is 76.8 Å². The van der Waals surface area contributed by atoms with Crippen LogP contribution in [0.15, 0.2) is 55.2 Å². The van der Waals surface area contributed by atoms with Crippen molar-refractivity contribution >= 4 is 11.8 Å². The highest BCUT2D eigenvalue weighted by atomic mass is 16.2. The van der Waals surface area contributed by atoms with E-state index in [-0.39, 0.29) is 17.5 Å². The lowest BCUT2D eigenvalue weighted by Crippen LogP contribution is -2.31. The molecule has 0 aliphatic carbocycles. The van der Waals surface area contributed by atoms with Crippen molar-refractivity contribution in [3.8, 4) is 0 Å². The van der Waals surface area contributed by atoms with E-state index >= 15 is 0 Å². The number of aromatic nitrogens is 4. The van der Waals surface area contributed by atoms with Crippen LogP contribution in [-0.2, 0) is 18.5 Å². The van der Waals surface area contributed by atoms with Crippen molar-refractivity contribution in [2.75, 3.05) is 5.32 Å². The van der Waals surface area contributed by atoms with Crippen LogP contribution < -0.4 is 10.6 Å². The minimum Gasteiger partial charge on any atom is -0.337 e. The van der Waals surface area contributed by atoms with Gasteiger partial charge in [0.1, 0.15) is 0 Å². The number of rotatable bonds is 7. The van der Waals surface area contributed by atoms with Crippen LogP contribution in [0.25, 0.3) is 0 Å². The standard InChI is InChI=1S/C22H30N6O/c1-17(18-6-8-19(9-7-18)22(2,3)4)24-21(29)25-20-10-14-28(26-20)13-5-12-27-15-11-23-16-27/h6-11,14-17H,5,12-13H2,1-4H3,(H2,24,25,26,29). The van der Waals surface area contributed by atoms with Crippen LogP contribution in [-0.4, -0.2) is 25.4 Å². The van der Waals surface area contributed by atoms with Crippen LogP contribution in [0.5, 0.6) is 0 Å². The molecule has 7 heteroatoms. The molecule has 29 heavy (non-hydrogen) atoms. The van der Waals surface area contributed by atoms with Crippen LogP contribution in [0.4, 0.5) is 10.6 Å². The molecule has 0 saturated carbocycles. The molecule has 154 valence electrons. The first-order valence-electron chi connectivity index (χ1n) is 9.98. The van der Waals surface area contributed by atoms with Crippen molar-refractivity contribution in [2.45, 2.75) is 58.7 Å². The van der Waals surface area contributed by atoms with E-state index in [1.165, 1.54) is 5.56 Å². The molecule has 3 aromatic rings. The number of carbonyl (C=O) groups excluding carboxylic acids is 1. The quantitative estimate of drug-likeness (QED) is 0.625. The van der Waals surface area contributed by atoms with Crippen molar-refractivity contribution in [1.29, 1.82) is 0 Å². The average molecular weight is 395 g/mol. The molecule has 3 rings (SSSR count). The normalized spacial score (nSPS) is 12.6. The molecule has 7 nitrogen and oxygen atoms in total. The minimum atomic E-state index is -0.263. The van der Waals surface area contributed by atoms with Gasteiger partial charge in [0, 0.05) is 37.7 Å².